The van der Waals surface area contributed by atoms with Crippen molar-refractivity contribution in [1.29, 1.82) is 0 Å². The zero-order chi connectivity index (χ0) is 12.2. The van der Waals surface area contributed by atoms with E-state index in [4.69, 9.17) is 0 Å². The van der Waals surface area contributed by atoms with E-state index in [1.54, 1.807) is 11.3 Å². The second-order valence-electron chi connectivity index (χ2n) is 3.90. The highest BCUT2D eigenvalue weighted by atomic mass is 79.9. The molecule has 1 N–H and O–H groups in total. The van der Waals surface area contributed by atoms with E-state index in [0.29, 0.717) is 0 Å². The summed E-state index contributed by atoms with van der Waals surface area (Å²) in [6.07, 6.45) is 2.20. The monoisotopic (exact) mass is 325 g/mol. The molecule has 92 valence electrons. The lowest BCUT2D eigenvalue weighted by molar-refractivity contribution is 0.562. The Kier molecular flexibility index (Phi) is 5.43. The number of sulfone groups is 1. The van der Waals surface area contributed by atoms with E-state index in [0.717, 1.165) is 16.8 Å². The van der Waals surface area contributed by atoms with E-state index in [1.165, 1.54) is 11.1 Å². The van der Waals surface area contributed by atoms with Crippen LogP contribution in [0.1, 0.15) is 11.8 Å². The van der Waals surface area contributed by atoms with Crippen LogP contribution in [0.15, 0.2) is 15.9 Å². The van der Waals surface area contributed by atoms with Crippen molar-refractivity contribution in [3.8, 4) is 0 Å². The molecule has 1 atom stereocenters. The molecule has 0 fully saturated rings. The molecule has 0 aliphatic heterocycles. The highest BCUT2D eigenvalue weighted by Crippen LogP contribution is 2.22. The largest absolute Gasteiger partial charge is 0.313 e. The van der Waals surface area contributed by atoms with Crippen LogP contribution < -0.4 is 5.32 Å². The zero-order valence-electron chi connectivity index (χ0n) is 9.36. The third-order valence-electron chi connectivity index (χ3n) is 2.05. The molecule has 0 saturated heterocycles. The number of nitrogens with one attached hydrogen (secondary N) is 1. The van der Waals surface area contributed by atoms with Crippen molar-refractivity contribution in [3.05, 3.63) is 20.8 Å². The van der Waals surface area contributed by atoms with Crippen molar-refractivity contribution in [2.24, 2.45) is 0 Å². The molecule has 0 spiro atoms. The van der Waals surface area contributed by atoms with Crippen LogP contribution in [-0.2, 0) is 16.3 Å². The van der Waals surface area contributed by atoms with Crippen LogP contribution in [0.3, 0.4) is 0 Å². The lowest BCUT2D eigenvalue weighted by Crippen LogP contribution is -2.33. The minimum atomic E-state index is -2.88. The molecule has 0 saturated carbocycles. The molecule has 16 heavy (non-hydrogen) atoms. The summed E-state index contributed by atoms with van der Waals surface area (Å²) in [7, 11) is -2.88. The number of rotatable bonds is 6. The smallest absolute Gasteiger partial charge is 0.148 e. The van der Waals surface area contributed by atoms with Crippen molar-refractivity contribution in [2.75, 3.05) is 18.6 Å². The number of hydrogen-bond acceptors (Lipinski definition) is 4. The van der Waals surface area contributed by atoms with Gasteiger partial charge >= 0.3 is 0 Å². The van der Waals surface area contributed by atoms with E-state index in [-0.39, 0.29) is 11.8 Å². The van der Waals surface area contributed by atoms with Crippen LogP contribution >= 0.6 is 27.3 Å². The Morgan fingerprint density at radius 3 is 2.69 bits per heavy atom. The Hall–Kier alpha value is 0.0900. The van der Waals surface area contributed by atoms with Gasteiger partial charge in [-0.2, -0.15) is 0 Å². The van der Waals surface area contributed by atoms with Crippen LogP contribution in [0.5, 0.6) is 0 Å². The molecule has 1 unspecified atom stereocenters. The fourth-order valence-corrected chi connectivity index (χ4v) is 3.95. The normalized spacial score (nSPS) is 13.9. The van der Waals surface area contributed by atoms with Gasteiger partial charge in [0.25, 0.3) is 0 Å². The molecule has 0 radical (unpaired) electrons. The summed E-state index contributed by atoms with van der Waals surface area (Å²) < 4.78 is 23.2. The summed E-state index contributed by atoms with van der Waals surface area (Å²) >= 11 is 5.12. The summed E-state index contributed by atoms with van der Waals surface area (Å²) in [6.45, 7) is 2.70. The van der Waals surface area contributed by atoms with Gasteiger partial charge in [0.1, 0.15) is 9.84 Å². The SMILES string of the molecule is CC(CS(C)(=O)=O)NCCc1ccc(Br)s1. The van der Waals surface area contributed by atoms with E-state index < -0.39 is 9.84 Å². The van der Waals surface area contributed by atoms with Crippen molar-refractivity contribution in [2.45, 2.75) is 19.4 Å². The minimum Gasteiger partial charge on any atom is -0.313 e. The van der Waals surface area contributed by atoms with Crippen molar-refractivity contribution >= 4 is 37.1 Å². The van der Waals surface area contributed by atoms with E-state index in [2.05, 4.69) is 27.3 Å². The van der Waals surface area contributed by atoms with E-state index in [9.17, 15) is 8.42 Å². The van der Waals surface area contributed by atoms with E-state index >= 15 is 0 Å². The van der Waals surface area contributed by atoms with Gasteiger partial charge < -0.3 is 5.32 Å². The highest BCUT2D eigenvalue weighted by molar-refractivity contribution is 9.11. The molecular weight excluding hydrogens is 310 g/mol. The zero-order valence-corrected chi connectivity index (χ0v) is 12.6. The van der Waals surface area contributed by atoms with Gasteiger partial charge in [0.05, 0.1) is 9.54 Å². The Balaban J connectivity index is 2.25. The van der Waals surface area contributed by atoms with Gasteiger partial charge in [-0.05, 0) is 41.4 Å². The first-order chi connectivity index (χ1) is 7.37. The van der Waals surface area contributed by atoms with Crippen LogP contribution in [0.4, 0.5) is 0 Å². The first-order valence-electron chi connectivity index (χ1n) is 5.02. The second kappa shape index (κ2) is 6.14. The fraction of sp³-hybridized carbons (Fsp3) is 0.600. The molecule has 1 aromatic heterocycles. The summed E-state index contributed by atoms with van der Waals surface area (Å²) in [5.41, 5.74) is 0. The molecule has 6 heteroatoms. The summed E-state index contributed by atoms with van der Waals surface area (Å²) in [6, 6.07) is 4.12. The molecule has 0 bridgehead atoms. The van der Waals surface area contributed by atoms with Crippen LogP contribution in [0.25, 0.3) is 0 Å². The minimum absolute atomic E-state index is 0.0124. The first kappa shape index (κ1) is 14.2. The number of thiophene rings is 1. The van der Waals surface area contributed by atoms with Crippen molar-refractivity contribution in [1.82, 2.24) is 5.32 Å². The maximum absolute atomic E-state index is 11.0. The van der Waals surface area contributed by atoms with Gasteiger partial charge in [-0.3, -0.25) is 0 Å². The molecule has 1 heterocycles. The maximum atomic E-state index is 11.0. The van der Waals surface area contributed by atoms with Gasteiger partial charge in [0.15, 0.2) is 0 Å². The average molecular weight is 326 g/mol. The van der Waals surface area contributed by atoms with Crippen LogP contribution in [0.2, 0.25) is 0 Å². The molecule has 3 nitrogen and oxygen atoms in total. The third kappa shape index (κ3) is 5.98. The lowest BCUT2D eigenvalue weighted by atomic mass is 10.3. The molecule has 0 aliphatic rings. The van der Waals surface area contributed by atoms with Gasteiger partial charge in [-0.25, -0.2) is 8.42 Å². The van der Waals surface area contributed by atoms with Crippen LogP contribution in [0, 0.1) is 0 Å². The molecular formula is C10H16BrNO2S2. The maximum Gasteiger partial charge on any atom is 0.148 e. The molecule has 0 aliphatic carbocycles. The second-order valence-corrected chi connectivity index (χ2v) is 8.64. The van der Waals surface area contributed by atoms with Gasteiger partial charge in [-0.15, -0.1) is 11.3 Å². The predicted molar refractivity (Wildman–Crippen MR) is 72.9 cm³/mol. The molecule has 1 rings (SSSR count). The molecule has 0 amide bonds. The number of hydrogen-bond donors (Lipinski definition) is 1. The van der Waals surface area contributed by atoms with Gasteiger partial charge in [-0.1, -0.05) is 0 Å². The van der Waals surface area contributed by atoms with Gasteiger partial charge in [0, 0.05) is 23.7 Å². The third-order valence-corrected chi connectivity index (χ3v) is 4.83. The fourth-order valence-electron chi connectivity index (χ4n) is 1.44. The Bertz CT molecular complexity index is 428. The topological polar surface area (TPSA) is 46.2 Å². The summed E-state index contributed by atoms with van der Waals surface area (Å²) in [5.74, 6) is 0.196. The average Bonchev–Trinajstić information content (AvgIpc) is 2.48. The summed E-state index contributed by atoms with van der Waals surface area (Å²) in [4.78, 5) is 1.30. The predicted octanol–water partition coefficient (Wildman–Crippen LogP) is 2.08. The quantitative estimate of drug-likeness (QED) is 0.871. The molecule has 0 aromatic carbocycles. The van der Waals surface area contributed by atoms with Crippen LogP contribution in [-0.4, -0.2) is 33.0 Å². The van der Waals surface area contributed by atoms with Crippen molar-refractivity contribution in [3.63, 3.8) is 0 Å². The van der Waals surface area contributed by atoms with Gasteiger partial charge in [0.2, 0.25) is 0 Å². The highest BCUT2D eigenvalue weighted by Gasteiger charge is 2.09. The first-order valence-corrected chi connectivity index (χ1v) is 8.69. The summed E-state index contributed by atoms with van der Waals surface area (Å²) in [5, 5.41) is 3.21. The number of halogens is 1. The lowest BCUT2D eigenvalue weighted by Gasteiger charge is -2.11. The molecule has 1 aromatic rings. The standard InChI is InChI=1S/C10H16BrNO2S2/c1-8(7-16(2,13)14)12-6-5-9-3-4-10(11)15-9/h3-4,8,12H,5-7H2,1-2H3. The van der Waals surface area contributed by atoms with E-state index in [1.807, 2.05) is 13.0 Å². The Labute approximate surface area is 109 Å². The van der Waals surface area contributed by atoms with Crippen molar-refractivity contribution < 1.29 is 8.42 Å². The Morgan fingerprint density at radius 2 is 2.19 bits per heavy atom. The Morgan fingerprint density at radius 1 is 1.50 bits per heavy atom.